The fourth-order valence-electron chi connectivity index (χ4n) is 2.12. The summed E-state index contributed by atoms with van der Waals surface area (Å²) in [6.07, 6.45) is -3.01. The van der Waals surface area contributed by atoms with Crippen molar-refractivity contribution >= 4 is 28.9 Å². The summed E-state index contributed by atoms with van der Waals surface area (Å²) in [4.78, 5) is 23.4. The maximum absolute atomic E-state index is 12.9. The summed E-state index contributed by atoms with van der Waals surface area (Å²) in [5, 5.41) is 6.27. The summed E-state index contributed by atoms with van der Waals surface area (Å²) in [5.74, 6) is -1.39. The minimum atomic E-state index is -3.72. The Labute approximate surface area is 145 Å². The highest BCUT2D eigenvalue weighted by Gasteiger charge is 2.43. The highest BCUT2D eigenvalue weighted by atomic mass is 32.1. The van der Waals surface area contributed by atoms with Gasteiger partial charge in [-0.05, 0) is 40.9 Å². The normalized spacial score (nSPS) is 14.2. The number of rotatable bonds is 6. The van der Waals surface area contributed by atoms with Gasteiger partial charge in [0.05, 0.1) is 0 Å². The van der Waals surface area contributed by atoms with E-state index in [1.807, 2.05) is 16.8 Å². The lowest BCUT2D eigenvalue weighted by atomic mass is 10.2. The molecule has 1 aliphatic heterocycles. The largest absolute Gasteiger partial charge is 0.586 e. The van der Waals surface area contributed by atoms with Crippen molar-refractivity contribution < 1.29 is 32.6 Å². The van der Waals surface area contributed by atoms with Gasteiger partial charge in [0.25, 0.3) is 5.91 Å². The molecule has 6 nitrogen and oxygen atoms in total. The second kappa shape index (κ2) is 7.06. The summed E-state index contributed by atoms with van der Waals surface area (Å²) in [6.45, 7) is -0.465. The van der Waals surface area contributed by atoms with E-state index in [0.29, 0.717) is 6.42 Å². The van der Waals surface area contributed by atoms with Gasteiger partial charge in [0.1, 0.15) is 0 Å². The molecule has 0 unspecified atom stereocenters. The fourth-order valence-corrected chi connectivity index (χ4v) is 2.83. The third-order valence-corrected chi connectivity index (χ3v) is 3.98. The van der Waals surface area contributed by atoms with Crippen molar-refractivity contribution in [3.63, 3.8) is 0 Å². The smallest absolute Gasteiger partial charge is 0.456 e. The number of benzene rings is 1. The molecule has 1 aliphatic rings. The fraction of sp³-hybridized carbons (Fsp3) is 0.250. The van der Waals surface area contributed by atoms with E-state index in [1.54, 1.807) is 0 Å². The summed E-state index contributed by atoms with van der Waals surface area (Å²) >= 11 is 1.54. The van der Waals surface area contributed by atoms with Gasteiger partial charge in [-0.15, -0.1) is 8.78 Å². The first-order valence-electron chi connectivity index (χ1n) is 7.28. The SMILES string of the molecule is O=C(COC(=O)CCc1ccsc1)Nc1ccc2c(c1)OC(F)(F)O2. The van der Waals surface area contributed by atoms with Crippen LogP contribution < -0.4 is 14.8 Å². The molecule has 132 valence electrons. The van der Waals surface area contributed by atoms with Gasteiger partial charge in [-0.1, -0.05) is 0 Å². The van der Waals surface area contributed by atoms with Crippen LogP contribution in [0.4, 0.5) is 14.5 Å². The maximum Gasteiger partial charge on any atom is 0.586 e. The highest BCUT2D eigenvalue weighted by Crippen LogP contribution is 2.42. The topological polar surface area (TPSA) is 73.9 Å². The number of halogens is 2. The molecule has 0 aliphatic carbocycles. The molecule has 1 amide bonds. The minimum Gasteiger partial charge on any atom is -0.456 e. The van der Waals surface area contributed by atoms with Crippen LogP contribution in [0.15, 0.2) is 35.0 Å². The van der Waals surface area contributed by atoms with Gasteiger partial charge >= 0.3 is 12.3 Å². The van der Waals surface area contributed by atoms with Crippen LogP contribution in [0.3, 0.4) is 0 Å². The molecule has 1 aromatic heterocycles. The molecule has 1 aromatic carbocycles. The number of amides is 1. The number of nitrogens with one attached hydrogen (secondary N) is 1. The van der Waals surface area contributed by atoms with Gasteiger partial charge in [-0.2, -0.15) is 11.3 Å². The molecule has 0 bridgehead atoms. The van der Waals surface area contributed by atoms with Crippen LogP contribution in [-0.4, -0.2) is 24.8 Å². The number of esters is 1. The van der Waals surface area contributed by atoms with Gasteiger partial charge in [0.2, 0.25) is 0 Å². The number of carbonyl (C=O) groups is 2. The average Bonchev–Trinajstić information content (AvgIpc) is 3.16. The molecule has 25 heavy (non-hydrogen) atoms. The molecule has 0 atom stereocenters. The van der Waals surface area contributed by atoms with Crippen molar-refractivity contribution in [2.75, 3.05) is 11.9 Å². The molecule has 0 saturated carbocycles. The molecule has 0 radical (unpaired) electrons. The first-order chi connectivity index (χ1) is 11.9. The zero-order valence-corrected chi connectivity index (χ0v) is 13.6. The Hall–Kier alpha value is -2.68. The van der Waals surface area contributed by atoms with Crippen molar-refractivity contribution in [3.05, 3.63) is 40.6 Å². The number of aryl methyl sites for hydroxylation is 1. The Bertz CT molecular complexity index is 779. The second-order valence-corrected chi connectivity index (χ2v) is 5.95. The molecular formula is C16H13F2NO5S. The number of fused-ring (bicyclic) bond motifs is 1. The van der Waals surface area contributed by atoms with E-state index in [1.165, 1.54) is 29.5 Å². The van der Waals surface area contributed by atoms with Gasteiger partial charge < -0.3 is 19.5 Å². The van der Waals surface area contributed by atoms with E-state index in [2.05, 4.69) is 14.8 Å². The van der Waals surface area contributed by atoms with E-state index in [0.717, 1.165) is 5.56 Å². The van der Waals surface area contributed by atoms with E-state index in [-0.39, 0.29) is 23.6 Å². The van der Waals surface area contributed by atoms with Crippen LogP contribution in [0.25, 0.3) is 0 Å². The molecule has 0 spiro atoms. The molecular weight excluding hydrogens is 356 g/mol. The van der Waals surface area contributed by atoms with E-state index >= 15 is 0 Å². The maximum atomic E-state index is 12.9. The van der Waals surface area contributed by atoms with E-state index in [4.69, 9.17) is 4.74 Å². The van der Waals surface area contributed by atoms with E-state index in [9.17, 15) is 18.4 Å². The summed E-state index contributed by atoms with van der Waals surface area (Å²) < 4.78 is 39.3. The number of hydrogen-bond donors (Lipinski definition) is 1. The first kappa shape index (κ1) is 17.2. The number of anilines is 1. The van der Waals surface area contributed by atoms with Crippen LogP contribution >= 0.6 is 11.3 Å². The number of carbonyl (C=O) groups excluding carboxylic acids is 2. The predicted molar refractivity (Wildman–Crippen MR) is 84.9 cm³/mol. The number of hydrogen-bond acceptors (Lipinski definition) is 6. The molecule has 9 heteroatoms. The van der Waals surface area contributed by atoms with Crippen molar-refractivity contribution in [3.8, 4) is 11.5 Å². The lowest BCUT2D eigenvalue weighted by molar-refractivity contribution is -0.286. The third-order valence-electron chi connectivity index (χ3n) is 3.25. The van der Waals surface area contributed by atoms with Gasteiger partial charge in [-0.3, -0.25) is 9.59 Å². The molecule has 3 rings (SSSR count). The van der Waals surface area contributed by atoms with Crippen molar-refractivity contribution in [1.82, 2.24) is 0 Å². The number of thiophene rings is 1. The molecule has 2 aromatic rings. The zero-order chi connectivity index (χ0) is 17.9. The molecule has 0 saturated heterocycles. The van der Waals surface area contributed by atoms with Crippen LogP contribution in [-0.2, 0) is 20.7 Å². The first-order valence-corrected chi connectivity index (χ1v) is 8.22. The second-order valence-electron chi connectivity index (χ2n) is 5.17. The number of alkyl halides is 2. The Morgan fingerprint density at radius 2 is 2.00 bits per heavy atom. The van der Waals surface area contributed by atoms with Crippen molar-refractivity contribution in [2.45, 2.75) is 19.1 Å². The Morgan fingerprint density at radius 1 is 1.20 bits per heavy atom. The molecule has 2 heterocycles. The quantitative estimate of drug-likeness (QED) is 0.792. The zero-order valence-electron chi connectivity index (χ0n) is 12.8. The Kier molecular flexibility index (Phi) is 4.84. The van der Waals surface area contributed by atoms with Gasteiger partial charge in [0.15, 0.2) is 18.1 Å². The predicted octanol–water partition coefficient (Wildman–Crippen LogP) is 3.18. The van der Waals surface area contributed by atoms with Crippen molar-refractivity contribution in [1.29, 1.82) is 0 Å². The Morgan fingerprint density at radius 3 is 2.76 bits per heavy atom. The highest BCUT2D eigenvalue weighted by molar-refractivity contribution is 7.07. The van der Waals surface area contributed by atoms with Gasteiger partial charge in [0, 0.05) is 18.2 Å². The van der Waals surface area contributed by atoms with Crippen LogP contribution in [0.1, 0.15) is 12.0 Å². The van der Waals surface area contributed by atoms with Crippen molar-refractivity contribution in [2.24, 2.45) is 0 Å². The summed E-state index contributed by atoms with van der Waals surface area (Å²) in [5.41, 5.74) is 1.25. The van der Waals surface area contributed by atoms with Crippen LogP contribution in [0.2, 0.25) is 0 Å². The summed E-state index contributed by atoms with van der Waals surface area (Å²) in [6, 6.07) is 5.74. The van der Waals surface area contributed by atoms with Gasteiger partial charge in [-0.25, -0.2) is 0 Å². The molecule has 0 fully saturated rings. The summed E-state index contributed by atoms with van der Waals surface area (Å²) in [7, 11) is 0. The monoisotopic (exact) mass is 369 g/mol. The van der Waals surface area contributed by atoms with Crippen LogP contribution in [0.5, 0.6) is 11.5 Å². The third kappa shape index (κ3) is 4.66. The standard InChI is InChI=1S/C16H13F2NO5S/c17-16(18)23-12-3-2-11(7-13(12)24-16)19-14(20)8-22-15(21)4-1-10-5-6-25-9-10/h2-3,5-7,9H,1,4,8H2,(H,19,20). The Balaban J connectivity index is 1.44. The lowest BCUT2D eigenvalue weighted by Gasteiger charge is -2.07. The molecule has 1 N–H and O–H groups in total. The lowest BCUT2D eigenvalue weighted by Crippen LogP contribution is -2.25. The number of ether oxygens (including phenoxy) is 3. The van der Waals surface area contributed by atoms with E-state index < -0.39 is 24.8 Å². The minimum absolute atomic E-state index is 0.122. The average molecular weight is 369 g/mol. The van der Waals surface area contributed by atoms with Crippen LogP contribution in [0, 0.1) is 0 Å².